The minimum atomic E-state index is -1.90. The average molecular weight is 593 g/mol. The van der Waals surface area contributed by atoms with E-state index in [1.54, 1.807) is 49.5 Å². The van der Waals surface area contributed by atoms with E-state index in [1.807, 2.05) is 0 Å². The lowest BCUT2D eigenvalue weighted by Crippen LogP contribution is -2.81. The minimum absolute atomic E-state index is 0.304. The molecule has 0 spiro atoms. The van der Waals surface area contributed by atoms with Gasteiger partial charge in [0.2, 0.25) is 0 Å². The summed E-state index contributed by atoms with van der Waals surface area (Å²) in [4.78, 5) is 6.10. The molecule has 0 aromatic heterocycles. The first kappa shape index (κ1) is 24.7. The second kappa shape index (κ2) is 7.73. The van der Waals surface area contributed by atoms with E-state index in [0.29, 0.717) is 17.8 Å². The molecule has 3 aromatic carbocycles. The number of anilines is 4. The van der Waals surface area contributed by atoms with Crippen molar-refractivity contribution in [2.75, 3.05) is 9.80 Å². The van der Waals surface area contributed by atoms with Gasteiger partial charge >= 0.3 is 0 Å². The summed E-state index contributed by atoms with van der Waals surface area (Å²) in [5.41, 5.74) is 12.1. The highest BCUT2D eigenvalue weighted by Crippen LogP contribution is 2.62. The summed E-state index contributed by atoms with van der Waals surface area (Å²) in [6.07, 6.45) is 17.5. The summed E-state index contributed by atoms with van der Waals surface area (Å²) in [6.45, 7) is 5.75. The molecule has 11 aliphatic rings. The summed E-state index contributed by atoms with van der Waals surface area (Å²) < 4.78 is 0. The topological polar surface area (TPSA) is 6.48 Å². The van der Waals surface area contributed by atoms with Gasteiger partial charge in [-0.2, -0.15) is 0 Å². The Kier molecular flexibility index (Phi) is 4.35. The van der Waals surface area contributed by atoms with Crippen molar-refractivity contribution in [1.82, 2.24) is 0 Å². The lowest BCUT2D eigenvalue weighted by atomic mass is 9.32. The van der Waals surface area contributed by atoms with Crippen molar-refractivity contribution in [2.24, 2.45) is 35.5 Å². The van der Waals surface area contributed by atoms with Crippen molar-refractivity contribution < 1.29 is 0 Å². The monoisotopic (exact) mass is 592 g/mol. The van der Waals surface area contributed by atoms with E-state index in [9.17, 15) is 0 Å². The van der Waals surface area contributed by atoms with E-state index in [-0.39, 0.29) is 0 Å². The molecule has 0 saturated heterocycles. The van der Waals surface area contributed by atoms with E-state index >= 15 is 0 Å². The zero-order valence-corrected chi connectivity index (χ0v) is 27.6. The van der Waals surface area contributed by atoms with Gasteiger partial charge in [0.25, 0.3) is 6.71 Å². The van der Waals surface area contributed by atoms with E-state index in [4.69, 9.17) is 0 Å². The third-order valence-electron chi connectivity index (χ3n) is 15.4. The third-order valence-corrected chi connectivity index (χ3v) is 18.9. The summed E-state index contributed by atoms with van der Waals surface area (Å²) >= 11 is 0. The van der Waals surface area contributed by atoms with Crippen LogP contribution in [0.5, 0.6) is 0 Å². The van der Waals surface area contributed by atoms with Crippen molar-refractivity contribution in [3.05, 3.63) is 54.6 Å². The van der Waals surface area contributed by atoms with Crippen LogP contribution >= 0.6 is 0 Å². The number of rotatable bonds is 2. The number of hydrogen-bond donors (Lipinski definition) is 0. The molecule has 3 aliphatic heterocycles. The van der Waals surface area contributed by atoms with Crippen molar-refractivity contribution in [3.8, 4) is 0 Å². The van der Waals surface area contributed by atoms with Gasteiger partial charge in [-0.1, -0.05) is 53.8 Å². The molecule has 3 aromatic rings. The van der Waals surface area contributed by atoms with Gasteiger partial charge in [0.15, 0.2) is 0 Å². The van der Waals surface area contributed by atoms with Crippen LogP contribution in [0.1, 0.15) is 77.0 Å². The molecule has 8 bridgehead atoms. The highest BCUT2D eigenvalue weighted by atomic mass is 28.3. The van der Waals surface area contributed by atoms with Crippen molar-refractivity contribution >= 4 is 64.3 Å². The Labute approximate surface area is 264 Å². The molecule has 2 nitrogen and oxygen atoms in total. The summed E-state index contributed by atoms with van der Waals surface area (Å²) in [6, 6.07) is 22.8. The van der Waals surface area contributed by atoms with Crippen molar-refractivity contribution in [3.63, 3.8) is 0 Å². The van der Waals surface area contributed by atoms with Crippen LogP contribution in [-0.4, -0.2) is 25.9 Å². The van der Waals surface area contributed by atoms with Gasteiger partial charge in [0.05, 0.1) is 0 Å². The molecule has 0 N–H and O–H groups in total. The molecule has 222 valence electrons. The van der Waals surface area contributed by atoms with E-state index in [1.165, 1.54) is 77.0 Å². The molecule has 0 unspecified atom stereocenters. The van der Waals surface area contributed by atoms with Gasteiger partial charge in [-0.05, 0) is 153 Å². The molecule has 8 saturated carbocycles. The molecule has 0 amide bonds. The van der Waals surface area contributed by atoms with Crippen molar-refractivity contribution in [2.45, 2.75) is 101 Å². The first-order valence-electron chi connectivity index (χ1n) is 18.4. The molecular weight excluding hydrogens is 547 g/mol. The molecule has 14 rings (SSSR count). The zero-order chi connectivity index (χ0) is 28.7. The fourth-order valence-corrected chi connectivity index (χ4v) is 18.2. The van der Waals surface area contributed by atoms with Gasteiger partial charge < -0.3 is 9.80 Å². The maximum atomic E-state index is 3.05. The first-order chi connectivity index (χ1) is 21.4. The number of nitrogens with zero attached hydrogens (tertiary/aromatic N) is 2. The third kappa shape index (κ3) is 2.77. The molecule has 8 fully saturated rings. The standard InChI is InChI=1S/C40H45BN2Si/c1-44(2)34-10-4-8-32-37(34)41-36-30(42(32)39-18-24-12-25(19-39)14-26(13-24)20-39)6-3-7-31(36)43(33-9-5-11-35(44)38(33)41)40-21-27-15-28(22-40)17-29(16-27)23-40/h3-11,24-29H,12-23H2,1-2H3. The highest BCUT2D eigenvalue weighted by molar-refractivity contribution is 7.16. The molecule has 0 atom stereocenters. The Hall–Kier alpha value is -2.46. The average Bonchev–Trinajstić information content (AvgIpc) is 2.98. The van der Waals surface area contributed by atoms with Crippen LogP contribution in [0.4, 0.5) is 22.7 Å². The van der Waals surface area contributed by atoms with Crippen LogP contribution in [0.3, 0.4) is 0 Å². The Bertz CT molecular complexity index is 1610. The van der Waals surface area contributed by atoms with Crippen LogP contribution in [0.25, 0.3) is 0 Å². The molecule has 3 heterocycles. The Morgan fingerprint density at radius 3 is 1.18 bits per heavy atom. The molecular formula is C40H45BN2Si. The van der Waals surface area contributed by atoms with Crippen LogP contribution in [-0.2, 0) is 0 Å². The highest BCUT2D eigenvalue weighted by Gasteiger charge is 2.61. The quantitative estimate of drug-likeness (QED) is 0.328. The van der Waals surface area contributed by atoms with Crippen molar-refractivity contribution in [1.29, 1.82) is 0 Å². The minimum Gasteiger partial charge on any atom is -0.336 e. The second-order valence-electron chi connectivity index (χ2n) is 18.2. The van der Waals surface area contributed by atoms with Crippen LogP contribution < -0.4 is 36.6 Å². The smallest absolute Gasteiger partial charge is 0.251 e. The summed E-state index contributed by atoms with van der Waals surface area (Å²) in [5.74, 6) is 5.67. The van der Waals surface area contributed by atoms with E-state index in [0.717, 1.165) is 35.5 Å². The summed E-state index contributed by atoms with van der Waals surface area (Å²) in [7, 11) is -1.90. The molecule has 4 heteroatoms. The predicted octanol–water partition coefficient (Wildman–Crippen LogP) is 6.18. The van der Waals surface area contributed by atoms with Crippen LogP contribution in [0.2, 0.25) is 13.1 Å². The molecule has 44 heavy (non-hydrogen) atoms. The number of hydrogen-bond acceptors (Lipinski definition) is 2. The van der Waals surface area contributed by atoms with Gasteiger partial charge in [-0.3, -0.25) is 0 Å². The van der Waals surface area contributed by atoms with Gasteiger partial charge in [-0.15, -0.1) is 0 Å². The summed E-state index contributed by atoms with van der Waals surface area (Å²) in [5, 5.41) is 3.45. The first-order valence-corrected chi connectivity index (χ1v) is 21.4. The second-order valence-corrected chi connectivity index (χ2v) is 22.5. The number of benzene rings is 3. The maximum absolute atomic E-state index is 3.05. The Morgan fingerprint density at radius 1 is 0.500 bits per heavy atom. The van der Waals surface area contributed by atoms with E-state index in [2.05, 4.69) is 77.5 Å². The SMILES string of the molecule is C[Si]1(C)c2cccc3c2B2c4c(cccc4N(C45CC6CC(CC(C6)C4)C5)c4cccc1c42)N3C12CC3CC(CC(C3)C1)C2. The Balaban J connectivity index is 1.17. The predicted molar refractivity (Wildman–Crippen MR) is 187 cm³/mol. The van der Waals surface area contributed by atoms with Gasteiger partial charge in [-0.25, -0.2) is 0 Å². The van der Waals surface area contributed by atoms with E-state index < -0.39 is 8.07 Å². The maximum Gasteiger partial charge on any atom is 0.251 e. The molecule has 8 aliphatic carbocycles. The molecule has 0 radical (unpaired) electrons. The van der Waals surface area contributed by atoms with Crippen LogP contribution in [0.15, 0.2) is 54.6 Å². The normalized spacial score (nSPS) is 40.1. The fourth-order valence-electron chi connectivity index (χ4n) is 15.0. The lowest BCUT2D eigenvalue weighted by molar-refractivity contribution is 0.000359. The Morgan fingerprint density at radius 2 is 0.818 bits per heavy atom. The van der Waals surface area contributed by atoms with Crippen LogP contribution in [0, 0.1) is 35.5 Å². The largest absolute Gasteiger partial charge is 0.336 e. The fraction of sp³-hybridized carbons (Fsp3) is 0.550. The zero-order valence-electron chi connectivity index (χ0n) is 26.6. The van der Waals surface area contributed by atoms with Gasteiger partial charge in [0, 0.05) is 33.8 Å². The lowest BCUT2D eigenvalue weighted by Gasteiger charge is -2.65. The van der Waals surface area contributed by atoms with Gasteiger partial charge in [0.1, 0.15) is 8.07 Å².